The number of hydrogen-bond acceptors (Lipinski definition) is 6. The molecule has 170 valence electrons. The number of aliphatic carboxylic acids is 1. The highest BCUT2D eigenvalue weighted by Crippen LogP contribution is 2.31. The van der Waals surface area contributed by atoms with Crippen molar-refractivity contribution >= 4 is 55.1 Å². The average molecular weight is 457 g/mol. The fourth-order valence-electron chi connectivity index (χ4n) is 3.35. The van der Waals surface area contributed by atoms with Crippen molar-refractivity contribution in [2.75, 3.05) is 44.1 Å². The van der Waals surface area contributed by atoms with Crippen LogP contribution in [0.5, 0.6) is 0 Å². The minimum atomic E-state index is -0.874. The fourth-order valence-corrected chi connectivity index (χ4v) is 4.38. The molecule has 7 nitrogen and oxygen atoms in total. The molecule has 1 aromatic heterocycles. The Hall–Kier alpha value is -3.00. The largest absolute Gasteiger partial charge is 0.481 e. The second-order valence-electron chi connectivity index (χ2n) is 8.01. The molecule has 1 heterocycles. The van der Waals surface area contributed by atoms with Crippen LogP contribution in [0, 0.1) is 0 Å². The Labute approximate surface area is 192 Å². The molecular weight excluding hydrogens is 426 g/mol. The van der Waals surface area contributed by atoms with Crippen molar-refractivity contribution in [3.63, 3.8) is 0 Å². The number of esters is 1. The highest BCUT2D eigenvalue weighted by Gasteiger charge is 2.15. The van der Waals surface area contributed by atoms with Crippen molar-refractivity contribution in [2.24, 2.45) is 0 Å². The van der Waals surface area contributed by atoms with E-state index in [0.29, 0.717) is 12.8 Å². The van der Waals surface area contributed by atoms with Crippen LogP contribution >= 0.6 is 11.3 Å². The first-order chi connectivity index (χ1) is 15.3. The zero-order valence-electron chi connectivity index (χ0n) is 18.8. The minimum Gasteiger partial charge on any atom is -0.481 e. The van der Waals surface area contributed by atoms with Gasteiger partial charge in [-0.1, -0.05) is 0 Å². The summed E-state index contributed by atoms with van der Waals surface area (Å²) in [5, 5.41) is 8.58. The Bertz CT molecular complexity index is 1100. The third-order valence-corrected chi connectivity index (χ3v) is 6.32. The van der Waals surface area contributed by atoms with Crippen LogP contribution in [0.2, 0.25) is 0 Å². The second kappa shape index (κ2) is 11.0. The molecule has 0 saturated carbocycles. The van der Waals surface area contributed by atoms with Crippen molar-refractivity contribution < 1.29 is 19.4 Å². The third-order valence-electron chi connectivity index (χ3n) is 5.23. The summed E-state index contributed by atoms with van der Waals surface area (Å²) in [5.74, 6) is -1.14. The molecule has 0 amide bonds. The number of aromatic nitrogens is 1. The molecule has 0 atom stereocenters. The lowest BCUT2D eigenvalue weighted by molar-refractivity contribution is -0.145. The number of carboxylic acids is 1. The molecule has 0 spiro atoms. The fraction of sp³-hybridized carbons (Fsp3) is 0.417. The molecular formula is C24H30N3O4S+. The summed E-state index contributed by atoms with van der Waals surface area (Å²) < 4.78 is 7.37. The van der Waals surface area contributed by atoms with Gasteiger partial charge >= 0.3 is 11.9 Å². The van der Waals surface area contributed by atoms with Crippen LogP contribution in [-0.4, -0.2) is 56.3 Å². The number of rotatable bonds is 11. The zero-order chi connectivity index (χ0) is 23.1. The van der Waals surface area contributed by atoms with E-state index in [0.717, 1.165) is 51.2 Å². The van der Waals surface area contributed by atoms with Gasteiger partial charge in [0.2, 0.25) is 11.3 Å². The second-order valence-corrected chi connectivity index (χ2v) is 9.09. The van der Waals surface area contributed by atoms with Gasteiger partial charge in [0.1, 0.15) is 11.0 Å². The average Bonchev–Trinajstić information content (AvgIpc) is 2.77. The summed E-state index contributed by atoms with van der Waals surface area (Å²) in [5.41, 5.74) is 4.27. The van der Waals surface area contributed by atoms with Crippen LogP contribution < -0.4 is 9.80 Å². The summed E-state index contributed by atoms with van der Waals surface area (Å²) >= 11 is 1.74. The SMILES string of the molecule is CN(C)c1ccc2nc3ccc(N(C)CCCCC(=O)OCCCC(=O)O)cc3[s+]c2c1. The number of nitrogens with zero attached hydrogens (tertiary/aromatic N) is 3. The smallest absolute Gasteiger partial charge is 0.305 e. The number of ether oxygens (including phenoxy) is 1. The number of carboxylic acid groups (broad SMARTS) is 1. The quantitative estimate of drug-likeness (QED) is 0.192. The summed E-state index contributed by atoms with van der Waals surface area (Å²) in [6.07, 6.45) is 2.33. The Kier molecular flexibility index (Phi) is 8.16. The van der Waals surface area contributed by atoms with Gasteiger partial charge in [-0.3, -0.25) is 9.59 Å². The lowest BCUT2D eigenvalue weighted by atomic mass is 10.2. The molecule has 0 aliphatic rings. The van der Waals surface area contributed by atoms with Crippen LogP contribution in [0.15, 0.2) is 36.4 Å². The minimum absolute atomic E-state index is 0.0207. The van der Waals surface area contributed by atoms with Gasteiger partial charge in [0.15, 0.2) is 0 Å². The Morgan fingerprint density at radius 3 is 2.25 bits per heavy atom. The highest BCUT2D eigenvalue weighted by molar-refractivity contribution is 7.24. The number of carbonyl (C=O) groups excluding carboxylic acids is 1. The standard InChI is InChI=1S/C24H29N3O4S/c1-26(2)17-9-11-19-21(15-17)32-22-16-18(10-12-20(22)25-19)27(3)13-5-4-8-24(30)31-14-6-7-23(28)29/h9-12,15-16H,4-8,13-14H2,1-3H3/p+1. The molecule has 0 radical (unpaired) electrons. The van der Waals surface area contributed by atoms with Gasteiger partial charge in [-0.25, -0.2) is 4.98 Å². The van der Waals surface area contributed by atoms with Gasteiger partial charge in [-0.15, -0.1) is 0 Å². The number of unbranched alkanes of at least 4 members (excludes halogenated alkanes) is 1. The van der Waals surface area contributed by atoms with E-state index >= 15 is 0 Å². The molecule has 0 bridgehead atoms. The van der Waals surface area contributed by atoms with Gasteiger partial charge in [-0.2, -0.15) is 0 Å². The summed E-state index contributed by atoms with van der Waals surface area (Å²) in [7, 11) is 6.12. The van der Waals surface area contributed by atoms with Gasteiger partial charge in [0.05, 0.1) is 6.61 Å². The van der Waals surface area contributed by atoms with E-state index in [-0.39, 0.29) is 19.0 Å². The maximum atomic E-state index is 11.7. The van der Waals surface area contributed by atoms with Gasteiger partial charge in [0, 0.05) is 64.0 Å². The molecule has 1 N–H and O–H groups in total. The van der Waals surface area contributed by atoms with Crippen molar-refractivity contribution in [3.8, 4) is 0 Å². The van der Waals surface area contributed by atoms with Crippen LogP contribution in [0.3, 0.4) is 0 Å². The molecule has 0 aliphatic heterocycles. The normalized spacial score (nSPS) is 11.0. The first-order valence-electron chi connectivity index (χ1n) is 10.8. The van der Waals surface area contributed by atoms with Gasteiger partial charge < -0.3 is 19.6 Å². The Morgan fingerprint density at radius 2 is 1.59 bits per heavy atom. The zero-order valence-corrected chi connectivity index (χ0v) is 19.7. The van der Waals surface area contributed by atoms with E-state index in [1.54, 1.807) is 11.3 Å². The number of anilines is 2. The molecule has 0 fully saturated rings. The third kappa shape index (κ3) is 6.50. The van der Waals surface area contributed by atoms with Crippen molar-refractivity contribution in [2.45, 2.75) is 32.1 Å². The van der Waals surface area contributed by atoms with E-state index < -0.39 is 5.97 Å². The molecule has 0 aliphatic carbocycles. The van der Waals surface area contributed by atoms with Crippen LogP contribution in [-0.2, 0) is 14.3 Å². The number of fused-ring (bicyclic) bond motifs is 2. The van der Waals surface area contributed by atoms with Crippen molar-refractivity contribution in [1.82, 2.24) is 4.98 Å². The summed E-state index contributed by atoms with van der Waals surface area (Å²) in [4.78, 5) is 31.3. The van der Waals surface area contributed by atoms with Crippen LogP contribution in [0.25, 0.3) is 20.4 Å². The summed E-state index contributed by atoms with van der Waals surface area (Å²) in [6.45, 7) is 0.996. The number of benzene rings is 2. The van der Waals surface area contributed by atoms with Crippen molar-refractivity contribution in [3.05, 3.63) is 36.4 Å². The molecule has 3 rings (SSSR count). The molecule has 8 heteroatoms. The Morgan fingerprint density at radius 1 is 0.938 bits per heavy atom. The van der Waals surface area contributed by atoms with E-state index in [1.807, 2.05) is 14.1 Å². The van der Waals surface area contributed by atoms with Crippen LogP contribution in [0.1, 0.15) is 32.1 Å². The lowest BCUT2D eigenvalue weighted by Crippen LogP contribution is -2.18. The molecule has 0 unspecified atom stereocenters. The predicted molar refractivity (Wildman–Crippen MR) is 131 cm³/mol. The van der Waals surface area contributed by atoms with E-state index in [2.05, 4.69) is 53.2 Å². The molecule has 32 heavy (non-hydrogen) atoms. The first kappa shape index (κ1) is 23.7. The highest BCUT2D eigenvalue weighted by atomic mass is 32.1. The number of hydrogen-bond donors (Lipinski definition) is 1. The maximum absolute atomic E-state index is 11.7. The van der Waals surface area contributed by atoms with Crippen molar-refractivity contribution in [1.29, 1.82) is 0 Å². The number of carbonyl (C=O) groups is 2. The van der Waals surface area contributed by atoms with Gasteiger partial charge in [0.25, 0.3) is 9.40 Å². The van der Waals surface area contributed by atoms with E-state index in [1.165, 1.54) is 0 Å². The topological polar surface area (TPSA) is 83.0 Å². The first-order valence-corrected chi connectivity index (χ1v) is 11.6. The molecule has 0 saturated heterocycles. The molecule has 2 aromatic carbocycles. The Balaban J connectivity index is 1.54. The predicted octanol–water partition coefficient (Wildman–Crippen LogP) is 4.81. The van der Waals surface area contributed by atoms with E-state index in [4.69, 9.17) is 14.8 Å². The maximum Gasteiger partial charge on any atom is 0.305 e. The lowest BCUT2D eigenvalue weighted by Gasteiger charge is -2.18. The molecule has 3 aromatic rings. The summed E-state index contributed by atoms with van der Waals surface area (Å²) in [6, 6.07) is 12.6. The van der Waals surface area contributed by atoms with E-state index in [9.17, 15) is 9.59 Å². The van der Waals surface area contributed by atoms with Gasteiger partial charge in [-0.05, 0) is 43.5 Å². The monoisotopic (exact) mass is 456 g/mol. The van der Waals surface area contributed by atoms with Crippen LogP contribution in [0.4, 0.5) is 11.4 Å².